The molecule has 0 saturated carbocycles. The molecule has 0 bridgehead atoms. The Morgan fingerprint density at radius 1 is 1.50 bits per heavy atom. The first-order chi connectivity index (χ1) is 8.29. The average Bonchev–Trinajstić information content (AvgIpc) is 2.31. The summed E-state index contributed by atoms with van der Waals surface area (Å²) in [4.78, 5) is 14.6. The predicted octanol–water partition coefficient (Wildman–Crippen LogP) is 1.82. The number of hydrogen-bond acceptors (Lipinski definition) is 3. The lowest BCUT2D eigenvalue weighted by molar-refractivity contribution is -0.139. The monoisotopic (exact) mass is 274 g/mol. The van der Waals surface area contributed by atoms with E-state index in [1.807, 2.05) is 13.8 Å². The van der Waals surface area contributed by atoms with Gasteiger partial charge in [0.1, 0.15) is 0 Å². The minimum absolute atomic E-state index is 0.00301. The molecule has 2 N–H and O–H groups in total. The second kappa shape index (κ2) is 7.69. The lowest BCUT2D eigenvalue weighted by Crippen LogP contribution is -2.50. The number of nitrogens with zero attached hydrogens (tertiary/aromatic N) is 1. The highest BCUT2D eigenvalue weighted by molar-refractivity contribution is 7.80. The molecule has 18 heavy (non-hydrogen) atoms. The van der Waals surface area contributed by atoms with Gasteiger partial charge < -0.3 is 15.4 Å². The molecule has 1 unspecified atom stereocenters. The topological polar surface area (TPSA) is 55.6 Å². The van der Waals surface area contributed by atoms with Crippen molar-refractivity contribution in [2.24, 2.45) is 17.1 Å². The lowest BCUT2D eigenvalue weighted by Gasteiger charge is -2.34. The summed E-state index contributed by atoms with van der Waals surface area (Å²) >= 11 is 5.05. The summed E-state index contributed by atoms with van der Waals surface area (Å²) in [6, 6.07) is 0. The van der Waals surface area contributed by atoms with Gasteiger partial charge in [-0.15, -0.1) is 0 Å². The van der Waals surface area contributed by atoms with Gasteiger partial charge >= 0.3 is 0 Å². The number of ether oxygens (including phenoxy) is 1. The van der Waals surface area contributed by atoms with Crippen molar-refractivity contribution in [3.05, 3.63) is 0 Å². The summed E-state index contributed by atoms with van der Waals surface area (Å²) in [5, 5.41) is 0. The molecule has 1 atom stereocenters. The number of methoxy groups -OCH3 is 1. The molecule has 0 spiro atoms. The number of amides is 1. The summed E-state index contributed by atoms with van der Waals surface area (Å²) < 4.78 is 5.05. The fraction of sp³-hybridized carbons (Fsp3) is 0.846. The van der Waals surface area contributed by atoms with Crippen LogP contribution in [0.3, 0.4) is 0 Å². The Labute approximate surface area is 116 Å². The van der Waals surface area contributed by atoms with E-state index in [0.29, 0.717) is 32.0 Å². The van der Waals surface area contributed by atoms with Gasteiger partial charge in [0.15, 0.2) is 0 Å². The maximum atomic E-state index is 12.6. The molecule has 0 aliphatic heterocycles. The Balaban J connectivity index is 4.97. The van der Waals surface area contributed by atoms with Crippen LogP contribution in [0.2, 0.25) is 0 Å². The molecular formula is C13H26N2O2S. The van der Waals surface area contributed by atoms with Gasteiger partial charge in [0.05, 0.1) is 17.0 Å². The highest BCUT2D eigenvalue weighted by Gasteiger charge is 2.37. The fourth-order valence-electron chi connectivity index (χ4n) is 1.70. The highest BCUT2D eigenvalue weighted by atomic mass is 32.1. The molecule has 0 fully saturated rings. The van der Waals surface area contributed by atoms with Gasteiger partial charge in [-0.2, -0.15) is 0 Å². The van der Waals surface area contributed by atoms with Crippen molar-refractivity contribution in [2.45, 2.75) is 34.1 Å². The van der Waals surface area contributed by atoms with Gasteiger partial charge in [-0.05, 0) is 19.3 Å². The standard InChI is InChI=1S/C13H26N2O2S/c1-6-13(4,11(14)18)12(16)15(7-8-17-5)9-10(2)3/h10H,6-9H2,1-5H3,(H2,14,18). The van der Waals surface area contributed by atoms with Crippen LogP contribution in [0.1, 0.15) is 34.1 Å². The number of carbonyl (C=O) groups is 1. The number of rotatable bonds is 8. The van der Waals surface area contributed by atoms with Gasteiger partial charge in [0.25, 0.3) is 0 Å². The zero-order chi connectivity index (χ0) is 14.3. The van der Waals surface area contributed by atoms with Crippen LogP contribution in [0.25, 0.3) is 0 Å². The molecule has 0 aliphatic rings. The van der Waals surface area contributed by atoms with E-state index in [1.54, 1.807) is 12.0 Å². The zero-order valence-corrected chi connectivity index (χ0v) is 13.0. The highest BCUT2D eigenvalue weighted by Crippen LogP contribution is 2.25. The van der Waals surface area contributed by atoms with E-state index in [4.69, 9.17) is 22.7 Å². The summed E-state index contributed by atoms with van der Waals surface area (Å²) in [7, 11) is 1.63. The minimum atomic E-state index is -0.752. The van der Waals surface area contributed by atoms with Gasteiger partial charge in [-0.1, -0.05) is 33.0 Å². The lowest BCUT2D eigenvalue weighted by atomic mass is 9.85. The predicted molar refractivity (Wildman–Crippen MR) is 78.5 cm³/mol. The average molecular weight is 274 g/mol. The van der Waals surface area contributed by atoms with Crippen LogP contribution in [0.4, 0.5) is 0 Å². The third-order valence-electron chi connectivity index (χ3n) is 3.16. The zero-order valence-electron chi connectivity index (χ0n) is 12.2. The summed E-state index contributed by atoms with van der Waals surface area (Å²) in [5.41, 5.74) is 4.98. The van der Waals surface area contributed by atoms with Crippen molar-refractivity contribution in [1.29, 1.82) is 0 Å². The summed E-state index contributed by atoms with van der Waals surface area (Å²) in [5.74, 6) is 0.404. The van der Waals surface area contributed by atoms with Gasteiger partial charge in [-0.3, -0.25) is 4.79 Å². The van der Waals surface area contributed by atoms with Crippen molar-refractivity contribution in [1.82, 2.24) is 4.90 Å². The van der Waals surface area contributed by atoms with Crippen LogP contribution in [-0.4, -0.2) is 42.6 Å². The Bertz CT molecular complexity index is 295. The van der Waals surface area contributed by atoms with Crippen LogP contribution in [0.5, 0.6) is 0 Å². The second-order valence-corrected chi connectivity index (χ2v) is 5.63. The van der Waals surface area contributed by atoms with E-state index >= 15 is 0 Å². The molecule has 0 aliphatic carbocycles. The first-order valence-electron chi connectivity index (χ1n) is 6.37. The number of carbonyl (C=O) groups excluding carboxylic acids is 1. The van der Waals surface area contributed by atoms with Crippen molar-refractivity contribution in [3.8, 4) is 0 Å². The minimum Gasteiger partial charge on any atom is -0.392 e. The third-order valence-corrected chi connectivity index (χ3v) is 3.61. The fourth-order valence-corrected chi connectivity index (χ4v) is 1.93. The molecule has 5 heteroatoms. The van der Waals surface area contributed by atoms with Crippen LogP contribution in [0.15, 0.2) is 0 Å². The van der Waals surface area contributed by atoms with Gasteiger partial charge in [0, 0.05) is 20.2 Å². The van der Waals surface area contributed by atoms with E-state index in [-0.39, 0.29) is 10.9 Å². The Morgan fingerprint density at radius 2 is 2.06 bits per heavy atom. The van der Waals surface area contributed by atoms with Gasteiger partial charge in [-0.25, -0.2) is 0 Å². The molecule has 0 aromatic heterocycles. The first kappa shape index (κ1) is 17.3. The number of nitrogens with two attached hydrogens (primary N) is 1. The van der Waals surface area contributed by atoms with Crippen molar-refractivity contribution in [2.75, 3.05) is 26.8 Å². The Kier molecular flexibility index (Phi) is 7.40. The van der Waals surface area contributed by atoms with E-state index in [2.05, 4.69) is 13.8 Å². The van der Waals surface area contributed by atoms with Crippen LogP contribution < -0.4 is 5.73 Å². The van der Waals surface area contributed by atoms with Crippen LogP contribution >= 0.6 is 12.2 Å². The van der Waals surface area contributed by atoms with Crippen LogP contribution in [-0.2, 0) is 9.53 Å². The number of hydrogen-bond donors (Lipinski definition) is 1. The molecule has 0 radical (unpaired) electrons. The smallest absolute Gasteiger partial charge is 0.235 e. The van der Waals surface area contributed by atoms with Crippen molar-refractivity contribution < 1.29 is 9.53 Å². The molecule has 0 saturated heterocycles. The Hall–Kier alpha value is -0.680. The summed E-state index contributed by atoms with van der Waals surface area (Å²) in [6.45, 7) is 9.70. The normalized spacial score (nSPS) is 14.3. The van der Waals surface area contributed by atoms with E-state index in [9.17, 15) is 4.79 Å². The molecular weight excluding hydrogens is 248 g/mol. The quantitative estimate of drug-likeness (QED) is 0.686. The maximum absolute atomic E-state index is 12.6. The SMILES string of the molecule is CCC(C)(C(=O)N(CCOC)CC(C)C)C(N)=S. The molecule has 0 aromatic rings. The number of thiocarbonyl (C=S) groups is 1. The molecule has 0 heterocycles. The first-order valence-corrected chi connectivity index (χ1v) is 6.78. The molecule has 0 rings (SSSR count). The van der Waals surface area contributed by atoms with E-state index < -0.39 is 5.41 Å². The van der Waals surface area contributed by atoms with Crippen LogP contribution in [0, 0.1) is 11.3 Å². The molecule has 106 valence electrons. The second-order valence-electron chi connectivity index (χ2n) is 5.19. The van der Waals surface area contributed by atoms with E-state index in [1.165, 1.54) is 0 Å². The van der Waals surface area contributed by atoms with Gasteiger partial charge in [0.2, 0.25) is 5.91 Å². The Morgan fingerprint density at radius 3 is 2.39 bits per heavy atom. The summed E-state index contributed by atoms with van der Waals surface area (Å²) in [6.07, 6.45) is 0.614. The van der Waals surface area contributed by atoms with Crippen molar-refractivity contribution >= 4 is 23.1 Å². The largest absolute Gasteiger partial charge is 0.392 e. The molecule has 0 aromatic carbocycles. The van der Waals surface area contributed by atoms with E-state index in [0.717, 1.165) is 0 Å². The maximum Gasteiger partial charge on any atom is 0.235 e. The van der Waals surface area contributed by atoms with Crippen molar-refractivity contribution in [3.63, 3.8) is 0 Å². The molecule has 4 nitrogen and oxygen atoms in total. The molecule has 1 amide bonds. The third kappa shape index (κ3) is 4.53.